The number of nitrogens with zero attached hydrogens (tertiary/aromatic N) is 1. The van der Waals surface area contributed by atoms with Gasteiger partial charge in [-0.1, -0.05) is 0 Å². The molecule has 0 aliphatic rings. The molecular weight excluding hydrogens is 354 g/mol. The summed E-state index contributed by atoms with van der Waals surface area (Å²) in [6.07, 6.45) is -5.98. The third-order valence-electron chi connectivity index (χ3n) is 2.37. The molecule has 0 aliphatic heterocycles. The van der Waals surface area contributed by atoms with Crippen LogP contribution in [0.1, 0.15) is 33.3 Å². The highest BCUT2D eigenvalue weighted by Crippen LogP contribution is 2.53. The summed E-state index contributed by atoms with van der Waals surface area (Å²) in [7, 11) is -4.26. The van der Waals surface area contributed by atoms with Crippen LogP contribution in [0.25, 0.3) is 0 Å². The Morgan fingerprint density at radius 2 is 1.62 bits per heavy atom. The zero-order valence-electron chi connectivity index (χ0n) is 13.4. The molecule has 0 heterocycles. The van der Waals surface area contributed by atoms with Crippen molar-refractivity contribution in [2.75, 3.05) is 0 Å². The maximum atomic E-state index is 12.7. The number of alkyl halides is 3. The largest absolute Gasteiger partial charge is 0.530 e. The summed E-state index contributed by atoms with van der Waals surface area (Å²) in [6, 6.07) is 1.59. The van der Waals surface area contributed by atoms with Crippen molar-refractivity contribution in [3.63, 3.8) is 0 Å². The van der Waals surface area contributed by atoms with Crippen molar-refractivity contribution in [1.82, 2.24) is 0 Å². The van der Waals surface area contributed by atoms with Gasteiger partial charge in [-0.15, -0.1) is 0 Å². The molecule has 0 spiro atoms. The molecule has 1 aromatic rings. The van der Waals surface area contributed by atoms with E-state index < -0.39 is 48.1 Å². The smallest absolute Gasteiger partial charge is 0.397 e. The Morgan fingerprint density at radius 1 is 1.12 bits per heavy atom. The molecule has 1 aromatic carbocycles. The number of nitro groups is 1. The van der Waals surface area contributed by atoms with Gasteiger partial charge in [0.25, 0.3) is 0 Å². The van der Waals surface area contributed by atoms with Crippen LogP contribution in [0.15, 0.2) is 18.2 Å². The van der Waals surface area contributed by atoms with Gasteiger partial charge in [-0.2, -0.15) is 13.2 Å². The average molecular weight is 371 g/mol. The van der Waals surface area contributed by atoms with Crippen molar-refractivity contribution >= 4 is 13.5 Å². The van der Waals surface area contributed by atoms with E-state index in [0.29, 0.717) is 18.2 Å². The SMILES string of the molecule is CC(C)OP(=O)(Oc1ccc(C(F)(F)F)cc1[N+](=O)[O-])OC(C)C. The number of hydrogen-bond donors (Lipinski definition) is 0. The van der Waals surface area contributed by atoms with Gasteiger partial charge >= 0.3 is 19.7 Å². The van der Waals surface area contributed by atoms with Crippen LogP contribution in [0.2, 0.25) is 0 Å². The normalized spacial score (nSPS) is 12.7. The van der Waals surface area contributed by atoms with Gasteiger partial charge in [-0.3, -0.25) is 19.2 Å². The predicted octanol–water partition coefficient (Wildman–Crippen LogP) is 4.95. The standard InChI is InChI=1S/C13H17F3NO6P/c1-8(2)21-24(20,22-9(3)4)23-12-6-5-10(13(14,15)16)7-11(12)17(18)19/h5-9H,1-4H3. The Bertz CT molecular complexity index is 633. The Kier molecular flexibility index (Phi) is 6.38. The van der Waals surface area contributed by atoms with E-state index in [1.54, 1.807) is 0 Å². The van der Waals surface area contributed by atoms with Crippen LogP contribution in [0.3, 0.4) is 0 Å². The van der Waals surface area contributed by atoms with E-state index in [2.05, 4.69) is 0 Å². The highest BCUT2D eigenvalue weighted by molar-refractivity contribution is 7.49. The molecule has 0 radical (unpaired) electrons. The Hall–Kier alpha value is -1.64. The molecule has 136 valence electrons. The zero-order valence-corrected chi connectivity index (χ0v) is 14.3. The minimum Gasteiger partial charge on any atom is -0.397 e. The van der Waals surface area contributed by atoms with Crippen LogP contribution < -0.4 is 4.52 Å². The Labute approximate surface area is 136 Å². The second-order valence-electron chi connectivity index (χ2n) is 5.28. The molecule has 7 nitrogen and oxygen atoms in total. The van der Waals surface area contributed by atoms with Crippen molar-refractivity contribution in [2.24, 2.45) is 0 Å². The van der Waals surface area contributed by atoms with E-state index in [-0.39, 0.29) is 0 Å². The minimum absolute atomic E-state index is 0.296. The quantitative estimate of drug-likeness (QED) is 0.383. The third kappa shape index (κ3) is 5.77. The first kappa shape index (κ1) is 20.4. The average Bonchev–Trinajstić information content (AvgIpc) is 2.34. The van der Waals surface area contributed by atoms with Gasteiger partial charge in [0.15, 0.2) is 0 Å². The summed E-state index contributed by atoms with van der Waals surface area (Å²) < 4.78 is 65.7. The Balaban J connectivity index is 3.28. The number of hydrogen-bond acceptors (Lipinski definition) is 6. The predicted molar refractivity (Wildman–Crippen MR) is 78.8 cm³/mol. The first-order valence-corrected chi connectivity index (χ1v) is 8.32. The highest BCUT2D eigenvalue weighted by atomic mass is 31.2. The fourth-order valence-corrected chi connectivity index (χ4v) is 3.18. The number of phosphoric ester groups is 1. The molecule has 0 N–H and O–H groups in total. The summed E-state index contributed by atoms with van der Waals surface area (Å²) in [6.45, 7) is 6.11. The van der Waals surface area contributed by atoms with E-state index in [0.717, 1.165) is 0 Å². The highest BCUT2D eigenvalue weighted by Gasteiger charge is 2.37. The molecule has 0 amide bonds. The van der Waals surface area contributed by atoms with E-state index in [1.165, 1.54) is 27.7 Å². The molecule has 1 rings (SSSR count). The van der Waals surface area contributed by atoms with Crippen LogP contribution in [0.5, 0.6) is 5.75 Å². The summed E-state index contributed by atoms with van der Waals surface area (Å²) in [5, 5.41) is 11.0. The van der Waals surface area contributed by atoms with Crippen LogP contribution in [0.4, 0.5) is 18.9 Å². The van der Waals surface area contributed by atoms with Crippen LogP contribution in [-0.4, -0.2) is 17.1 Å². The van der Waals surface area contributed by atoms with Gasteiger partial charge in [-0.25, -0.2) is 4.57 Å². The summed E-state index contributed by atoms with van der Waals surface area (Å²) >= 11 is 0. The number of benzene rings is 1. The number of halogens is 3. The fourth-order valence-electron chi connectivity index (χ4n) is 1.62. The van der Waals surface area contributed by atoms with Gasteiger partial charge in [-0.05, 0) is 39.8 Å². The van der Waals surface area contributed by atoms with E-state index >= 15 is 0 Å². The maximum Gasteiger partial charge on any atom is 0.530 e. The lowest BCUT2D eigenvalue weighted by Gasteiger charge is -2.22. The molecule has 0 aromatic heterocycles. The molecule has 0 bridgehead atoms. The Morgan fingerprint density at radius 3 is 2.00 bits per heavy atom. The summed E-state index contributed by atoms with van der Waals surface area (Å²) in [5.41, 5.74) is -2.23. The molecule has 0 fully saturated rings. The number of rotatable bonds is 7. The first-order chi connectivity index (χ1) is 10.8. The molecule has 0 unspecified atom stereocenters. The van der Waals surface area contributed by atoms with Crippen molar-refractivity contribution < 1.29 is 36.2 Å². The van der Waals surface area contributed by atoms with Crippen molar-refractivity contribution in [2.45, 2.75) is 46.1 Å². The van der Waals surface area contributed by atoms with Gasteiger partial charge in [0, 0.05) is 6.07 Å². The summed E-state index contributed by atoms with van der Waals surface area (Å²) in [5.74, 6) is -0.641. The zero-order chi connectivity index (χ0) is 18.7. The third-order valence-corrected chi connectivity index (χ3v) is 4.15. The van der Waals surface area contributed by atoms with Gasteiger partial charge in [0.2, 0.25) is 5.75 Å². The van der Waals surface area contributed by atoms with Crippen molar-refractivity contribution in [1.29, 1.82) is 0 Å². The second kappa shape index (κ2) is 7.50. The van der Waals surface area contributed by atoms with E-state index in [4.69, 9.17) is 13.6 Å². The van der Waals surface area contributed by atoms with E-state index in [9.17, 15) is 27.9 Å². The molecule has 11 heteroatoms. The number of nitro benzene ring substituents is 1. The van der Waals surface area contributed by atoms with E-state index in [1.807, 2.05) is 0 Å². The van der Waals surface area contributed by atoms with Crippen LogP contribution >= 0.6 is 7.82 Å². The van der Waals surface area contributed by atoms with Crippen molar-refractivity contribution in [3.05, 3.63) is 33.9 Å². The fraction of sp³-hybridized carbons (Fsp3) is 0.538. The van der Waals surface area contributed by atoms with Gasteiger partial charge in [0.05, 0.1) is 22.7 Å². The number of phosphoric acid groups is 1. The van der Waals surface area contributed by atoms with Gasteiger partial charge in [0.1, 0.15) is 0 Å². The second-order valence-corrected chi connectivity index (χ2v) is 6.78. The van der Waals surface area contributed by atoms with Crippen LogP contribution in [0, 0.1) is 10.1 Å². The molecular formula is C13H17F3NO6P. The van der Waals surface area contributed by atoms with Gasteiger partial charge < -0.3 is 4.52 Å². The van der Waals surface area contributed by atoms with Crippen LogP contribution in [-0.2, 0) is 19.8 Å². The molecule has 0 saturated heterocycles. The monoisotopic (exact) mass is 371 g/mol. The lowest BCUT2D eigenvalue weighted by atomic mass is 10.2. The molecule has 0 aliphatic carbocycles. The minimum atomic E-state index is -4.77. The lowest BCUT2D eigenvalue weighted by Crippen LogP contribution is -2.12. The van der Waals surface area contributed by atoms with Crippen molar-refractivity contribution in [3.8, 4) is 5.75 Å². The molecule has 24 heavy (non-hydrogen) atoms. The summed E-state index contributed by atoms with van der Waals surface area (Å²) in [4.78, 5) is 9.95. The molecule has 0 saturated carbocycles. The topological polar surface area (TPSA) is 87.9 Å². The molecule has 0 atom stereocenters. The first-order valence-electron chi connectivity index (χ1n) is 6.86. The lowest BCUT2D eigenvalue weighted by molar-refractivity contribution is -0.385. The maximum absolute atomic E-state index is 12.7.